The maximum absolute atomic E-state index is 13.8. The molecule has 5 rings (SSSR count). The Morgan fingerprint density at radius 2 is 1.91 bits per heavy atom. The van der Waals surface area contributed by atoms with Gasteiger partial charge in [-0.3, -0.25) is 14.5 Å². The molecule has 1 aliphatic carbocycles. The molecule has 0 aromatic heterocycles. The highest BCUT2D eigenvalue weighted by atomic mass is 79.9. The number of esters is 1. The maximum atomic E-state index is 13.8. The van der Waals surface area contributed by atoms with Crippen molar-refractivity contribution in [2.75, 3.05) is 17.3 Å². The molecular formula is C26H24BrN3O4. The Morgan fingerprint density at radius 3 is 2.62 bits per heavy atom. The molecule has 0 bridgehead atoms. The zero-order chi connectivity index (χ0) is 24.4. The Kier molecular flexibility index (Phi) is 5.16. The molecule has 0 fully saturated rings. The Labute approximate surface area is 205 Å². The van der Waals surface area contributed by atoms with Crippen LogP contribution in [0.2, 0.25) is 0 Å². The molecule has 0 saturated heterocycles. The van der Waals surface area contributed by atoms with Crippen LogP contribution in [-0.2, 0) is 24.5 Å². The van der Waals surface area contributed by atoms with Gasteiger partial charge in [-0.15, -0.1) is 0 Å². The van der Waals surface area contributed by atoms with Crippen molar-refractivity contribution in [3.63, 3.8) is 0 Å². The number of ether oxygens (including phenoxy) is 1. The van der Waals surface area contributed by atoms with Gasteiger partial charge in [-0.1, -0.05) is 33.6 Å². The van der Waals surface area contributed by atoms with Crippen molar-refractivity contribution in [1.29, 1.82) is 0 Å². The lowest BCUT2D eigenvalue weighted by atomic mass is 9.63. The van der Waals surface area contributed by atoms with E-state index in [4.69, 9.17) is 10.5 Å². The second-order valence-electron chi connectivity index (χ2n) is 8.87. The fraction of sp³-hybridized carbons (Fsp3) is 0.269. The van der Waals surface area contributed by atoms with Crippen LogP contribution in [0.1, 0.15) is 36.0 Å². The number of allylic oxidation sites excluding steroid dienone is 1. The first kappa shape index (κ1) is 22.4. The normalized spacial score (nSPS) is 21.6. The van der Waals surface area contributed by atoms with E-state index in [1.807, 2.05) is 44.2 Å². The summed E-state index contributed by atoms with van der Waals surface area (Å²) >= 11 is 3.49. The lowest BCUT2D eigenvalue weighted by Crippen LogP contribution is -2.53. The van der Waals surface area contributed by atoms with Gasteiger partial charge in [0, 0.05) is 33.4 Å². The lowest BCUT2D eigenvalue weighted by Gasteiger charge is -2.44. The molecule has 0 radical (unpaired) electrons. The highest BCUT2D eigenvalue weighted by molar-refractivity contribution is 9.10. The number of nitrogens with zero attached hydrogens (tertiary/aromatic N) is 1. The molecule has 34 heavy (non-hydrogen) atoms. The Balaban J connectivity index is 1.93. The zero-order valence-corrected chi connectivity index (χ0v) is 20.7. The van der Waals surface area contributed by atoms with Gasteiger partial charge in [-0.05, 0) is 56.5 Å². The van der Waals surface area contributed by atoms with E-state index in [2.05, 4.69) is 21.2 Å². The number of ketones is 1. The fourth-order valence-electron chi connectivity index (χ4n) is 5.47. The van der Waals surface area contributed by atoms with Crippen LogP contribution in [0.5, 0.6) is 0 Å². The second-order valence-corrected chi connectivity index (χ2v) is 9.79. The largest absolute Gasteiger partial charge is 0.466 e. The van der Waals surface area contributed by atoms with Crippen LogP contribution >= 0.6 is 15.9 Å². The average Bonchev–Trinajstić information content (AvgIpc) is 3.06. The summed E-state index contributed by atoms with van der Waals surface area (Å²) in [5.41, 5.74) is 9.67. The van der Waals surface area contributed by atoms with Crippen LogP contribution in [0.25, 0.3) is 0 Å². The molecule has 2 aromatic rings. The molecular weight excluding hydrogens is 498 g/mol. The third-order valence-corrected chi connectivity index (χ3v) is 7.35. The van der Waals surface area contributed by atoms with Crippen molar-refractivity contribution in [1.82, 2.24) is 0 Å². The Morgan fingerprint density at radius 1 is 1.15 bits per heavy atom. The maximum Gasteiger partial charge on any atom is 0.339 e. The minimum atomic E-state index is -1.66. The summed E-state index contributed by atoms with van der Waals surface area (Å²) in [7, 11) is 1.25. The molecule has 8 heteroatoms. The standard InChI is InChI=1S/C26H24BrN3O4/c1-13-7-9-17-16(11-13)26(25(33)29-17)21-19(5-4-6-20(21)31)30(23(28)22(26)24(32)34-3)18-10-8-15(27)12-14(18)2/h7-12H,4-6,28H2,1-3H3,(H,29,33). The highest BCUT2D eigenvalue weighted by Gasteiger charge is 2.62. The van der Waals surface area contributed by atoms with Crippen LogP contribution in [0.15, 0.2) is 63.5 Å². The van der Waals surface area contributed by atoms with Gasteiger partial charge < -0.3 is 15.8 Å². The molecule has 1 unspecified atom stereocenters. The van der Waals surface area contributed by atoms with Gasteiger partial charge in [0.25, 0.3) is 0 Å². The summed E-state index contributed by atoms with van der Waals surface area (Å²) in [6.45, 7) is 3.83. The molecule has 2 aliphatic heterocycles. The summed E-state index contributed by atoms with van der Waals surface area (Å²) < 4.78 is 6.06. The number of nitrogens with one attached hydrogen (secondary N) is 1. The number of hydrogen-bond acceptors (Lipinski definition) is 6. The van der Waals surface area contributed by atoms with Crippen molar-refractivity contribution >= 4 is 45.0 Å². The molecule has 7 nitrogen and oxygen atoms in total. The number of benzene rings is 2. The van der Waals surface area contributed by atoms with E-state index in [1.165, 1.54) is 7.11 Å². The van der Waals surface area contributed by atoms with Crippen molar-refractivity contribution in [2.45, 2.75) is 38.5 Å². The summed E-state index contributed by atoms with van der Waals surface area (Å²) in [5, 5.41) is 2.89. The topological polar surface area (TPSA) is 102 Å². The van der Waals surface area contributed by atoms with Gasteiger partial charge in [0.2, 0.25) is 5.91 Å². The van der Waals surface area contributed by atoms with E-state index in [0.717, 1.165) is 21.3 Å². The van der Waals surface area contributed by atoms with Gasteiger partial charge in [0.15, 0.2) is 5.78 Å². The van der Waals surface area contributed by atoms with Crippen molar-refractivity contribution < 1.29 is 19.1 Å². The number of carbonyl (C=O) groups excluding carboxylic acids is 3. The average molecular weight is 522 g/mol. The molecule has 3 aliphatic rings. The minimum absolute atomic E-state index is 0.0341. The summed E-state index contributed by atoms with van der Waals surface area (Å²) in [6.07, 6.45) is 1.46. The minimum Gasteiger partial charge on any atom is -0.466 e. The fourth-order valence-corrected chi connectivity index (χ4v) is 5.94. The molecule has 3 N–H and O–H groups in total. The summed E-state index contributed by atoms with van der Waals surface area (Å²) in [6, 6.07) is 11.2. The van der Waals surface area contributed by atoms with Crippen LogP contribution in [0.4, 0.5) is 11.4 Å². The zero-order valence-electron chi connectivity index (χ0n) is 19.1. The van der Waals surface area contributed by atoms with Crippen LogP contribution in [0, 0.1) is 13.8 Å². The van der Waals surface area contributed by atoms with Gasteiger partial charge in [-0.2, -0.15) is 0 Å². The molecule has 1 atom stereocenters. The lowest BCUT2D eigenvalue weighted by molar-refractivity contribution is -0.138. The van der Waals surface area contributed by atoms with E-state index in [0.29, 0.717) is 35.4 Å². The van der Waals surface area contributed by atoms with Crippen LogP contribution in [-0.4, -0.2) is 24.8 Å². The Hall–Kier alpha value is -3.39. The molecule has 1 amide bonds. The number of carbonyl (C=O) groups is 3. The van der Waals surface area contributed by atoms with Gasteiger partial charge in [-0.25, -0.2) is 4.79 Å². The number of methoxy groups -OCH3 is 1. The summed E-state index contributed by atoms with van der Waals surface area (Å²) in [5.74, 6) is -1.28. The first-order chi connectivity index (χ1) is 16.2. The van der Waals surface area contributed by atoms with Crippen molar-refractivity contribution in [2.24, 2.45) is 5.73 Å². The second kappa shape index (κ2) is 7.84. The SMILES string of the molecule is COC(=O)C1=C(N)N(c2ccc(Br)cc2C)C2=C(C(=O)CCC2)C12C(=O)Nc1ccc(C)cc12. The van der Waals surface area contributed by atoms with Gasteiger partial charge in [0.1, 0.15) is 16.8 Å². The first-order valence-corrected chi connectivity index (χ1v) is 11.8. The number of halogens is 1. The quantitative estimate of drug-likeness (QED) is 0.576. The van der Waals surface area contributed by atoms with Crippen LogP contribution < -0.4 is 16.0 Å². The third-order valence-electron chi connectivity index (χ3n) is 6.86. The van der Waals surface area contributed by atoms with Gasteiger partial charge >= 0.3 is 5.97 Å². The van der Waals surface area contributed by atoms with E-state index < -0.39 is 17.3 Å². The highest BCUT2D eigenvalue weighted by Crippen LogP contribution is 2.55. The number of fused-ring (bicyclic) bond motifs is 3. The number of nitrogens with two attached hydrogens (primary N) is 1. The van der Waals surface area contributed by atoms with E-state index in [9.17, 15) is 14.4 Å². The monoisotopic (exact) mass is 521 g/mol. The number of amides is 1. The molecule has 2 aromatic carbocycles. The van der Waals surface area contributed by atoms with Crippen LogP contribution in [0.3, 0.4) is 0 Å². The number of rotatable bonds is 2. The number of hydrogen-bond donors (Lipinski definition) is 2. The van der Waals surface area contributed by atoms with Crippen molar-refractivity contribution in [3.05, 3.63) is 80.2 Å². The summed E-state index contributed by atoms with van der Waals surface area (Å²) in [4.78, 5) is 42.6. The number of aryl methyl sites for hydroxylation is 2. The van der Waals surface area contributed by atoms with Gasteiger partial charge in [0.05, 0.1) is 12.8 Å². The van der Waals surface area contributed by atoms with E-state index in [-0.39, 0.29) is 23.6 Å². The van der Waals surface area contributed by atoms with Crippen molar-refractivity contribution in [3.8, 4) is 0 Å². The molecule has 0 saturated carbocycles. The predicted octanol–water partition coefficient (Wildman–Crippen LogP) is 4.13. The predicted molar refractivity (Wildman–Crippen MR) is 132 cm³/mol. The third kappa shape index (κ3) is 2.91. The molecule has 1 spiro atoms. The first-order valence-electron chi connectivity index (χ1n) is 11.1. The van der Waals surface area contributed by atoms with E-state index in [1.54, 1.807) is 11.0 Å². The number of anilines is 2. The smallest absolute Gasteiger partial charge is 0.339 e. The molecule has 174 valence electrons. The molecule has 2 heterocycles. The number of Topliss-reactive ketones (excluding diaryl/α,β-unsaturated/α-hetero) is 1. The van der Waals surface area contributed by atoms with E-state index >= 15 is 0 Å². The Bertz CT molecular complexity index is 1360.